The fraction of sp³-hybridized carbons (Fsp3) is 0.0370. The number of anilines is 1. The van der Waals surface area contributed by atoms with Crippen LogP contribution in [0.4, 0.5) is 5.69 Å². The van der Waals surface area contributed by atoms with Crippen molar-refractivity contribution in [3.05, 3.63) is 113 Å². The summed E-state index contributed by atoms with van der Waals surface area (Å²) in [5.41, 5.74) is 4.98. The third-order valence-electron chi connectivity index (χ3n) is 5.34. The molecule has 0 atom stereocenters. The molecule has 0 bridgehead atoms. The number of rotatable bonds is 4. The predicted octanol–water partition coefficient (Wildman–Crippen LogP) is 7.02. The van der Waals surface area contributed by atoms with Crippen molar-refractivity contribution in [1.29, 1.82) is 0 Å². The molecule has 4 nitrogen and oxygen atoms in total. The maximum absolute atomic E-state index is 13.0. The van der Waals surface area contributed by atoms with E-state index in [9.17, 15) is 4.79 Å². The minimum absolute atomic E-state index is 0.249. The van der Waals surface area contributed by atoms with Crippen LogP contribution in [0.2, 0.25) is 0 Å². The van der Waals surface area contributed by atoms with Crippen LogP contribution in [0.15, 0.2) is 102 Å². The summed E-state index contributed by atoms with van der Waals surface area (Å²) < 4.78 is 2.80. The molecule has 5 rings (SSSR count). The Balaban J connectivity index is 1.60. The smallest absolute Gasteiger partial charge is 0.276 e. The highest BCUT2D eigenvalue weighted by Crippen LogP contribution is 2.28. The van der Waals surface area contributed by atoms with Gasteiger partial charge in [-0.3, -0.25) is 4.79 Å². The Morgan fingerprint density at radius 1 is 0.844 bits per heavy atom. The highest BCUT2D eigenvalue weighted by atomic mass is 79.9. The van der Waals surface area contributed by atoms with Crippen LogP contribution in [0.3, 0.4) is 0 Å². The molecule has 1 amide bonds. The summed E-state index contributed by atoms with van der Waals surface area (Å²) in [4.78, 5) is 13.0. The predicted molar refractivity (Wildman–Crippen MR) is 133 cm³/mol. The molecule has 1 N–H and O–H groups in total. The number of nitrogens with one attached hydrogen (secondary N) is 1. The van der Waals surface area contributed by atoms with Crippen LogP contribution >= 0.6 is 15.9 Å². The summed E-state index contributed by atoms with van der Waals surface area (Å²) in [6.45, 7) is 2.05. The second-order valence-corrected chi connectivity index (χ2v) is 8.60. The zero-order chi connectivity index (χ0) is 22.1. The number of aryl methyl sites for hydroxylation is 1. The third-order valence-corrected chi connectivity index (χ3v) is 5.86. The molecule has 0 radical (unpaired) electrons. The van der Waals surface area contributed by atoms with E-state index in [4.69, 9.17) is 0 Å². The van der Waals surface area contributed by atoms with E-state index in [-0.39, 0.29) is 5.91 Å². The summed E-state index contributed by atoms with van der Waals surface area (Å²) in [5, 5.41) is 9.94. The first-order valence-corrected chi connectivity index (χ1v) is 11.1. The van der Waals surface area contributed by atoms with Crippen LogP contribution in [0.25, 0.3) is 27.7 Å². The molecule has 156 valence electrons. The van der Waals surface area contributed by atoms with Crippen molar-refractivity contribution in [2.24, 2.45) is 0 Å². The van der Waals surface area contributed by atoms with Crippen LogP contribution in [0.1, 0.15) is 16.1 Å². The molecule has 5 heteroatoms. The van der Waals surface area contributed by atoms with E-state index in [0.717, 1.165) is 38.1 Å². The van der Waals surface area contributed by atoms with Gasteiger partial charge in [0.25, 0.3) is 5.91 Å². The number of carbonyl (C=O) groups is 1. The molecular weight excluding hydrogens is 462 g/mol. The van der Waals surface area contributed by atoms with Gasteiger partial charge in [-0.15, -0.1) is 0 Å². The van der Waals surface area contributed by atoms with E-state index in [1.54, 1.807) is 0 Å². The number of carbonyl (C=O) groups excluding carboxylic acids is 1. The lowest BCUT2D eigenvalue weighted by atomic mass is 10.0. The number of hydrogen-bond acceptors (Lipinski definition) is 2. The minimum atomic E-state index is -0.249. The first-order chi connectivity index (χ1) is 15.6. The van der Waals surface area contributed by atoms with Crippen molar-refractivity contribution in [2.45, 2.75) is 6.92 Å². The fourth-order valence-electron chi connectivity index (χ4n) is 3.73. The van der Waals surface area contributed by atoms with Gasteiger partial charge in [0.05, 0.1) is 11.4 Å². The first kappa shape index (κ1) is 20.2. The fourth-order valence-corrected chi connectivity index (χ4v) is 4.00. The van der Waals surface area contributed by atoms with Crippen LogP contribution < -0.4 is 5.32 Å². The Bertz CT molecular complexity index is 1440. The Kier molecular flexibility index (Phi) is 5.33. The number of aromatic nitrogens is 2. The number of halogens is 1. The normalized spacial score (nSPS) is 10.9. The lowest BCUT2D eigenvalue weighted by Crippen LogP contribution is -2.13. The zero-order valence-electron chi connectivity index (χ0n) is 17.4. The van der Waals surface area contributed by atoms with E-state index < -0.39 is 0 Å². The monoisotopic (exact) mass is 481 g/mol. The van der Waals surface area contributed by atoms with Crippen LogP contribution in [-0.4, -0.2) is 15.7 Å². The lowest BCUT2D eigenvalue weighted by molar-refractivity contribution is 0.102. The van der Waals surface area contributed by atoms with E-state index in [1.807, 2.05) is 72.3 Å². The summed E-state index contributed by atoms with van der Waals surface area (Å²) in [6.07, 6.45) is 0. The Morgan fingerprint density at radius 3 is 2.41 bits per heavy atom. The molecule has 5 aromatic rings. The number of fused-ring (bicyclic) bond motifs is 1. The Morgan fingerprint density at radius 2 is 1.62 bits per heavy atom. The van der Waals surface area contributed by atoms with E-state index in [2.05, 4.69) is 62.7 Å². The van der Waals surface area contributed by atoms with Gasteiger partial charge in [0, 0.05) is 15.7 Å². The largest absolute Gasteiger partial charge is 0.321 e. The van der Waals surface area contributed by atoms with Gasteiger partial charge in [-0.05, 0) is 71.8 Å². The van der Waals surface area contributed by atoms with Crippen molar-refractivity contribution in [1.82, 2.24) is 9.78 Å². The molecule has 0 aliphatic carbocycles. The zero-order valence-corrected chi connectivity index (χ0v) is 19.0. The number of amides is 1. The van der Waals surface area contributed by atoms with Gasteiger partial charge >= 0.3 is 0 Å². The van der Waals surface area contributed by atoms with Gasteiger partial charge < -0.3 is 5.32 Å². The van der Waals surface area contributed by atoms with Crippen molar-refractivity contribution in [2.75, 3.05) is 5.32 Å². The van der Waals surface area contributed by atoms with Gasteiger partial charge in [-0.1, -0.05) is 64.5 Å². The van der Waals surface area contributed by atoms with Crippen LogP contribution in [0.5, 0.6) is 0 Å². The number of benzene rings is 4. The molecular formula is C27H20BrN3O. The average molecular weight is 482 g/mol. The summed E-state index contributed by atoms with van der Waals surface area (Å²) in [6, 6.07) is 32.0. The highest BCUT2D eigenvalue weighted by molar-refractivity contribution is 9.10. The quantitative estimate of drug-likeness (QED) is 0.299. The molecule has 0 aliphatic heterocycles. The van der Waals surface area contributed by atoms with E-state index in [0.29, 0.717) is 5.69 Å². The third kappa shape index (κ3) is 4.07. The molecule has 0 spiro atoms. The van der Waals surface area contributed by atoms with Crippen molar-refractivity contribution < 1.29 is 4.79 Å². The first-order valence-electron chi connectivity index (χ1n) is 10.3. The van der Waals surface area contributed by atoms with Crippen LogP contribution in [-0.2, 0) is 0 Å². The Labute approximate surface area is 194 Å². The van der Waals surface area contributed by atoms with E-state index in [1.165, 1.54) is 5.39 Å². The maximum Gasteiger partial charge on any atom is 0.276 e. The van der Waals surface area contributed by atoms with Gasteiger partial charge in [0.2, 0.25) is 0 Å². The van der Waals surface area contributed by atoms with Crippen LogP contribution in [0, 0.1) is 6.92 Å². The number of hydrogen-bond donors (Lipinski definition) is 1. The molecule has 1 heterocycles. The molecule has 1 aromatic heterocycles. The molecule has 0 fully saturated rings. The topological polar surface area (TPSA) is 46.9 Å². The average Bonchev–Trinajstić information content (AvgIpc) is 3.26. The SMILES string of the molecule is Cc1cccc(-n2nc(C(=O)Nc3ccc(Br)cc3)cc2-c2ccc3ccccc3c2)c1. The second kappa shape index (κ2) is 8.44. The molecule has 0 saturated carbocycles. The van der Waals surface area contributed by atoms with Gasteiger partial charge in [-0.25, -0.2) is 4.68 Å². The van der Waals surface area contributed by atoms with Crippen molar-refractivity contribution >= 4 is 38.3 Å². The second-order valence-electron chi connectivity index (χ2n) is 7.69. The maximum atomic E-state index is 13.0. The molecule has 32 heavy (non-hydrogen) atoms. The van der Waals surface area contributed by atoms with Gasteiger partial charge in [0.1, 0.15) is 0 Å². The lowest BCUT2D eigenvalue weighted by Gasteiger charge is -2.09. The van der Waals surface area contributed by atoms with Gasteiger partial charge in [0.15, 0.2) is 5.69 Å². The Hall–Kier alpha value is -3.70. The summed E-state index contributed by atoms with van der Waals surface area (Å²) >= 11 is 3.42. The van der Waals surface area contributed by atoms with Gasteiger partial charge in [-0.2, -0.15) is 5.10 Å². The number of nitrogens with zero attached hydrogens (tertiary/aromatic N) is 2. The molecule has 0 saturated heterocycles. The molecule has 4 aromatic carbocycles. The van der Waals surface area contributed by atoms with Crippen molar-refractivity contribution in [3.8, 4) is 16.9 Å². The summed E-state index contributed by atoms with van der Waals surface area (Å²) in [7, 11) is 0. The van der Waals surface area contributed by atoms with E-state index >= 15 is 0 Å². The van der Waals surface area contributed by atoms with Crippen molar-refractivity contribution in [3.63, 3.8) is 0 Å². The standard InChI is InChI=1S/C27H20BrN3O/c1-18-5-4-8-24(15-18)31-26(21-10-9-19-6-2-3-7-20(19)16-21)17-25(30-31)27(32)29-23-13-11-22(28)12-14-23/h2-17H,1H3,(H,29,32). The molecule has 0 unspecified atom stereocenters. The minimum Gasteiger partial charge on any atom is -0.321 e. The highest BCUT2D eigenvalue weighted by Gasteiger charge is 2.17. The summed E-state index contributed by atoms with van der Waals surface area (Å²) in [5.74, 6) is -0.249. The molecule has 0 aliphatic rings.